The predicted molar refractivity (Wildman–Crippen MR) is 77.7 cm³/mol. The summed E-state index contributed by atoms with van der Waals surface area (Å²) in [5.74, 6) is 0.814. The first kappa shape index (κ1) is 13.5. The van der Waals surface area contributed by atoms with E-state index in [-0.39, 0.29) is 0 Å². The lowest BCUT2D eigenvalue weighted by molar-refractivity contribution is 0.364. The number of hydrogen-bond acceptors (Lipinski definition) is 8. The zero-order valence-electron chi connectivity index (χ0n) is 11.4. The standard InChI is InChI=1S/C13H12N4O3S/c1-18-10-6-11(19-2)17-12(16-10)21-13-15-8-4-3-7(14)5-9(8)20-13/h3-6H,14H2,1-2H3. The van der Waals surface area contributed by atoms with Gasteiger partial charge in [-0.1, -0.05) is 0 Å². The Morgan fingerprint density at radius 2 is 1.76 bits per heavy atom. The maximum Gasteiger partial charge on any atom is 0.264 e. The van der Waals surface area contributed by atoms with E-state index < -0.39 is 0 Å². The zero-order chi connectivity index (χ0) is 14.8. The summed E-state index contributed by atoms with van der Waals surface area (Å²) in [6.07, 6.45) is 0. The highest BCUT2D eigenvalue weighted by Crippen LogP contribution is 2.30. The van der Waals surface area contributed by atoms with E-state index >= 15 is 0 Å². The highest BCUT2D eigenvalue weighted by atomic mass is 32.2. The molecule has 0 spiro atoms. The number of rotatable bonds is 4. The fourth-order valence-corrected chi connectivity index (χ4v) is 2.38. The summed E-state index contributed by atoms with van der Waals surface area (Å²) in [6.45, 7) is 0. The van der Waals surface area contributed by atoms with Crippen molar-refractivity contribution in [3.63, 3.8) is 0 Å². The Balaban J connectivity index is 1.94. The van der Waals surface area contributed by atoms with Gasteiger partial charge in [-0.05, 0) is 12.1 Å². The van der Waals surface area contributed by atoms with E-state index in [0.717, 1.165) is 5.52 Å². The van der Waals surface area contributed by atoms with Gasteiger partial charge in [-0.15, -0.1) is 0 Å². The van der Waals surface area contributed by atoms with Crippen LogP contribution in [0.2, 0.25) is 0 Å². The van der Waals surface area contributed by atoms with E-state index in [9.17, 15) is 0 Å². The van der Waals surface area contributed by atoms with E-state index in [2.05, 4.69) is 15.0 Å². The van der Waals surface area contributed by atoms with Gasteiger partial charge in [0.1, 0.15) is 5.52 Å². The number of methoxy groups -OCH3 is 2. The molecule has 2 heterocycles. The van der Waals surface area contributed by atoms with Gasteiger partial charge in [0, 0.05) is 23.5 Å². The number of anilines is 1. The number of benzene rings is 1. The Labute approximate surface area is 124 Å². The first-order chi connectivity index (χ1) is 10.2. The molecule has 2 N–H and O–H groups in total. The quantitative estimate of drug-likeness (QED) is 0.579. The van der Waals surface area contributed by atoms with Crippen LogP contribution in [0.3, 0.4) is 0 Å². The maximum absolute atomic E-state index is 5.71. The molecule has 1 aromatic carbocycles. The minimum Gasteiger partial charge on any atom is -0.481 e. The lowest BCUT2D eigenvalue weighted by atomic mass is 10.3. The largest absolute Gasteiger partial charge is 0.481 e. The number of nitrogens with zero attached hydrogens (tertiary/aromatic N) is 3. The molecule has 0 aliphatic heterocycles. The van der Waals surface area contributed by atoms with Crippen molar-refractivity contribution >= 4 is 28.5 Å². The van der Waals surface area contributed by atoms with Crippen molar-refractivity contribution in [1.29, 1.82) is 0 Å². The molecular weight excluding hydrogens is 292 g/mol. The third-order valence-corrected chi connectivity index (χ3v) is 3.36. The molecule has 3 rings (SSSR count). The van der Waals surface area contributed by atoms with Gasteiger partial charge in [0.25, 0.3) is 5.22 Å². The van der Waals surface area contributed by atoms with Gasteiger partial charge >= 0.3 is 0 Å². The van der Waals surface area contributed by atoms with Gasteiger partial charge in [0.2, 0.25) is 16.9 Å². The van der Waals surface area contributed by atoms with Crippen LogP contribution in [-0.2, 0) is 0 Å². The highest BCUT2D eigenvalue weighted by molar-refractivity contribution is 7.98. The average Bonchev–Trinajstić information content (AvgIpc) is 2.87. The minimum atomic E-state index is 0.407. The predicted octanol–water partition coefficient (Wildman–Crippen LogP) is 2.37. The molecule has 0 aliphatic carbocycles. The number of oxazole rings is 1. The molecule has 0 saturated carbocycles. The Hall–Kier alpha value is -2.48. The first-order valence-corrected chi connectivity index (χ1v) is 6.80. The van der Waals surface area contributed by atoms with Crippen LogP contribution in [-0.4, -0.2) is 29.2 Å². The molecule has 0 unspecified atom stereocenters. The van der Waals surface area contributed by atoms with E-state index in [1.165, 1.54) is 26.0 Å². The minimum absolute atomic E-state index is 0.407. The third-order valence-electron chi connectivity index (χ3n) is 2.65. The molecule has 0 fully saturated rings. The van der Waals surface area contributed by atoms with E-state index in [4.69, 9.17) is 19.6 Å². The first-order valence-electron chi connectivity index (χ1n) is 5.99. The Morgan fingerprint density at radius 1 is 1.05 bits per heavy atom. The van der Waals surface area contributed by atoms with Crippen LogP contribution < -0.4 is 15.2 Å². The average molecular weight is 304 g/mol. The topological polar surface area (TPSA) is 96.3 Å². The summed E-state index contributed by atoms with van der Waals surface area (Å²) in [6, 6.07) is 6.88. The van der Waals surface area contributed by atoms with Crippen molar-refractivity contribution < 1.29 is 13.9 Å². The summed E-state index contributed by atoms with van der Waals surface area (Å²) in [4.78, 5) is 12.8. The van der Waals surface area contributed by atoms with Crippen molar-refractivity contribution in [2.45, 2.75) is 10.4 Å². The van der Waals surface area contributed by atoms with Crippen LogP contribution in [0.25, 0.3) is 11.1 Å². The highest BCUT2D eigenvalue weighted by Gasteiger charge is 2.12. The summed E-state index contributed by atoms with van der Waals surface area (Å²) >= 11 is 1.18. The van der Waals surface area contributed by atoms with Crippen molar-refractivity contribution in [2.24, 2.45) is 0 Å². The molecule has 0 bridgehead atoms. The normalized spacial score (nSPS) is 10.8. The van der Waals surface area contributed by atoms with Crippen LogP contribution in [0.5, 0.6) is 11.8 Å². The molecule has 0 atom stereocenters. The zero-order valence-corrected chi connectivity index (χ0v) is 12.2. The van der Waals surface area contributed by atoms with Gasteiger partial charge < -0.3 is 19.6 Å². The second kappa shape index (κ2) is 5.49. The Kier molecular flexibility index (Phi) is 3.53. The Bertz CT molecular complexity index is 768. The van der Waals surface area contributed by atoms with Crippen molar-refractivity contribution in [3.8, 4) is 11.8 Å². The molecule has 2 aromatic heterocycles. The lowest BCUT2D eigenvalue weighted by Crippen LogP contribution is -1.95. The number of hydrogen-bond donors (Lipinski definition) is 1. The van der Waals surface area contributed by atoms with Crippen LogP contribution in [0, 0.1) is 0 Å². The summed E-state index contributed by atoms with van der Waals surface area (Å²) in [5.41, 5.74) is 7.67. The summed E-state index contributed by atoms with van der Waals surface area (Å²) in [7, 11) is 3.05. The molecule has 8 heteroatoms. The molecule has 108 valence electrons. The molecule has 21 heavy (non-hydrogen) atoms. The smallest absolute Gasteiger partial charge is 0.264 e. The molecule has 7 nitrogen and oxygen atoms in total. The molecular formula is C13H12N4O3S. The van der Waals surface area contributed by atoms with Crippen LogP contribution >= 0.6 is 11.8 Å². The SMILES string of the molecule is COc1cc(OC)nc(Sc2nc3ccc(N)cc3o2)n1. The maximum atomic E-state index is 5.71. The molecule has 0 saturated heterocycles. The van der Waals surface area contributed by atoms with Crippen molar-refractivity contribution in [1.82, 2.24) is 15.0 Å². The van der Waals surface area contributed by atoms with Gasteiger partial charge in [-0.2, -0.15) is 9.97 Å². The van der Waals surface area contributed by atoms with Crippen LogP contribution in [0.15, 0.2) is 39.1 Å². The molecule has 0 aliphatic rings. The van der Waals surface area contributed by atoms with Gasteiger partial charge in [-0.25, -0.2) is 4.98 Å². The van der Waals surface area contributed by atoms with Gasteiger partial charge in [0.15, 0.2) is 5.58 Å². The van der Waals surface area contributed by atoms with Crippen molar-refractivity contribution in [2.75, 3.05) is 20.0 Å². The number of aromatic nitrogens is 3. The van der Waals surface area contributed by atoms with Crippen LogP contribution in [0.1, 0.15) is 0 Å². The monoisotopic (exact) mass is 304 g/mol. The van der Waals surface area contributed by atoms with Crippen LogP contribution in [0.4, 0.5) is 5.69 Å². The van der Waals surface area contributed by atoms with Gasteiger partial charge in [0.05, 0.1) is 20.3 Å². The molecule has 3 aromatic rings. The summed E-state index contributed by atoms with van der Waals surface area (Å²) < 4.78 is 15.8. The number of fused-ring (bicyclic) bond motifs is 1. The van der Waals surface area contributed by atoms with E-state index in [1.54, 1.807) is 24.3 Å². The number of nitrogen functional groups attached to an aromatic ring is 1. The fraction of sp³-hybridized carbons (Fsp3) is 0.154. The molecule has 0 radical (unpaired) electrons. The summed E-state index contributed by atoms with van der Waals surface area (Å²) in [5, 5.41) is 0.844. The lowest BCUT2D eigenvalue weighted by Gasteiger charge is -2.04. The Morgan fingerprint density at radius 3 is 2.43 bits per heavy atom. The van der Waals surface area contributed by atoms with E-state index in [1.807, 2.05) is 0 Å². The third kappa shape index (κ3) is 2.84. The van der Waals surface area contributed by atoms with Crippen molar-refractivity contribution in [3.05, 3.63) is 24.3 Å². The van der Waals surface area contributed by atoms with Gasteiger partial charge in [-0.3, -0.25) is 0 Å². The number of ether oxygens (including phenoxy) is 2. The fourth-order valence-electron chi connectivity index (χ4n) is 1.68. The second-order valence-electron chi connectivity index (χ2n) is 4.04. The second-order valence-corrected chi connectivity index (χ2v) is 4.96. The molecule has 0 amide bonds. The van der Waals surface area contributed by atoms with E-state index in [0.29, 0.717) is 33.4 Å². The number of nitrogens with two attached hydrogens (primary N) is 1.